The van der Waals surface area contributed by atoms with Crippen LogP contribution in [0.4, 0.5) is 5.69 Å². The van der Waals surface area contributed by atoms with E-state index in [0.717, 1.165) is 31.9 Å². The van der Waals surface area contributed by atoms with Crippen LogP contribution in [0.2, 0.25) is 5.15 Å². The predicted molar refractivity (Wildman–Crippen MR) is 64.9 cm³/mol. The lowest BCUT2D eigenvalue weighted by Gasteiger charge is -2.16. The Balaban J connectivity index is 2.20. The van der Waals surface area contributed by atoms with Gasteiger partial charge in [-0.05, 0) is 7.05 Å². The largest absolute Gasteiger partial charge is 0.383 e. The van der Waals surface area contributed by atoms with Crippen LogP contribution in [0.25, 0.3) is 0 Å². The van der Waals surface area contributed by atoms with Crippen molar-refractivity contribution in [3.8, 4) is 0 Å². The smallest absolute Gasteiger partial charge is 0.153 e. The molecule has 1 rings (SSSR count). The van der Waals surface area contributed by atoms with Gasteiger partial charge in [0.15, 0.2) is 5.15 Å². The van der Waals surface area contributed by atoms with Crippen LogP contribution >= 0.6 is 11.6 Å². The number of methoxy groups -OCH3 is 1. The number of rotatable bonds is 7. The summed E-state index contributed by atoms with van der Waals surface area (Å²) in [6.07, 6.45) is 1.65. The number of likely N-dealkylation sites (N-methyl/N-ethyl adjacent to an activating group) is 1. The molecule has 90 valence electrons. The van der Waals surface area contributed by atoms with Crippen molar-refractivity contribution in [3.63, 3.8) is 0 Å². The van der Waals surface area contributed by atoms with E-state index < -0.39 is 0 Å². The number of aromatic nitrogens is 2. The molecular formula is C10H17ClN4O. The van der Waals surface area contributed by atoms with Crippen molar-refractivity contribution in [2.75, 3.05) is 45.7 Å². The van der Waals surface area contributed by atoms with Gasteiger partial charge in [0.05, 0.1) is 18.5 Å². The monoisotopic (exact) mass is 244 g/mol. The Kier molecular flexibility index (Phi) is 6.07. The van der Waals surface area contributed by atoms with Gasteiger partial charge >= 0.3 is 0 Å². The lowest BCUT2D eigenvalue weighted by molar-refractivity contribution is 0.163. The van der Waals surface area contributed by atoms with Crippen molar-refractivity contribution in [1.29, 1.82) is 0 Å². The fourth-order valence-corrected chi connectivity index (χ4v) is 1.35. The SMILES string of the molecule is COCCN(C)CCNc1cnnc(Cl)c1. The number of ether oxygens (including phenoxy) is 1. The van der Waals surface area contributed by atoms with Crippen molar-refractivity contribution in [3.05, 3.63) is 17.4 Å². The van der Waals surface area contributed by atoms with E-state index in [4.69, 9.17) is 16.3 Å². The number of anilines is 1. The highest BCUT2D eigenvalue weighted by Gasteiger charge is 1.98. The van der Waals surface area contributed by atoms with Crippen LogP contribution in [0.3, 0.4) is 0 Å². The maximum Gasteiger partial charge on any atom is 0.153 e. The van der Waals surface area contributed by atoms with Crippen molar-refractivity contribution in [1.82, 2.24) is 15.1 Å². The molecule has 0 bridgehead atoms. The van der Waals surface area contributed by atoms with E-state index in [1.165, 1.54) is 0 Å². The molecule has 0 aromatic carbocycles. The second-order valence-electron chi connectivity index (χ2n) is 3.49. The summed E-state index contributed by atoms with van der Waals surface area (Å²) in [5.41, 5.74) is 0.889. The molecule has 1 aromatic heterocycles. The Hall–Kier alpha value is -0.910. The van der Waals surface area contributed by atoms with Gasteiger partial charge < -0.3 is 15.0 Å². The molecule has 0 unspecified atom stereocenters. The number of hydrogen-bond acceptors (Lipinski definition) is 5. The van der Waals surface area contributed by atoms with Crippen LogP contribution in [0, 0.1) is 0 Å². The Bertz CT molecular complexity index is 311. The van der Waals surface area contributed by atoms with E-state index >= 15 is 0 Å². The van der Waals surface area contributed by atoms with E-state index in [-0.39, 0.29) is 0 Å². The first-order chi connectivity index (χ1) is 7.72. The van der Waals surface area contributed by atoms with Gasteiger partial charge in [-0.2, -0.15) is 5.10 Å². The minimum atomic E-state index is 0.401. The fraction of sp³-hybridized carbons (Fsp3) is 0.600. The molecule has 0 aliphatic heterocycles. The molecule has 5 nitrogen and oxygen atoms in total. The molecule has 1 heterocycles. The first kappa shape index (κ1) is 13.2. The van der Waals surface area contributed by atoms with Crippen molar-refractivity contribution >= 4 is 17.3 Å². The van der Waals surface area contributed by atoms with Gasteiger partial charge in [0.1, 0.15) is 0 Å². The number of halogens is 1. The van der Waals surface area contributed by atoms with Crippen LogP contribution in [-0.4, -0.2) is 55.5 Å². The van der Waals surface area contributed by atoms with Gasteiger partial charge in [0, 0.05) is 32.8 Å². The van der Waals surface area contributed by atoms with E-state index in [9.17, 15) is 0 Å². The number of nitrogens with one attached hydrogen (secondary N) is 1. The molecule has 0 atom stereocenters. The lowest BCUT2D eigenvalue weighted by atomic mass is 10.4. The van der Waals surface area contributed by atoms with E-state index in [1.807, 2.05) is 0 Å². The quantitative estimate of drug-likeness (QED) is 0.779. The van der Waals surface area contributed by atoms with Crippen LogP contribution < -0.4 is 5.32 Å². The van der Waals surface area contributed by atoms with Crippen LogP contribution in [0.1, 0.15) is 0 Å². The molecular weight excluding hydrogens is 228 g/mol. The molecule has 0 saturated carbocycles. The zero-order chi connectivity index (χ0) is 11.8. The summed E-state index contributed by atoms with van der Waals surface area (Å²) in [5, 5.41) is 11.0. The highest BCUT2D eigenvalue weighted by atomic mass is 35.5. The normalized spacial score (nSPS) is 10.8. The van der Waals surface area contributed by atoms with Gasteiger partial charge in [0.25, 0.3) is 0 Å². The van der Waals surface area contributed by atoms with Gasteiger partial charge in [-0.3, -0.25) is 0 Å². The predicted octanol–water partition coefficient (Wildman–Crippen LogP) is 1.12. The molecule has 0 radical (unpaired) electrons. The Morgan fingerprint density at radius 3 is 3.00 bits per heavy atom. The highest BCUT2D eigenvalue weighted by Crippen LogP contribution is 2.09. The third-order valence-electron chi connectivity index (χ3n) is 2.12. The Morgan fingerprint density at radius 2 is 2.31 bits per heavy atom. The van der Waals surface area contributed by atoms with Gasteiger partial charge in [-0.25, -0.2) is 0 Å². The highest BCUT2D eigenvalue weighted by molar-refractivity contribution is 6.29. The number of nitrogens with zero attached hydrogens (tertiary/aromatic N) is 3. The van der Waals surface area contributed by atoms with E-state index in [0.29, 0.717) is 5.15 Å². The summed E-state index contributed by atoms with van der Waals surface area (Å²) in [4.78, 5) is 2.19. The topological polar surface area (TPSA) is 50.3 Å². The molecule has 0 spiro atoms. The maximum absolute atomic E-state index is 5.71. The third-order valence-corrected chi connectivity index (χ3v) is 2.31. The van der Waals surface area contributed by atoms with Gasteiger partial charge in [-0.1, -0.05) is 11.6 Å². The molecule has 0 amide bonds. The summed E-state index contributed by atoms with van der Waals surface area (Å²) in [7, 11) is 3.76. The second kappa shape index (κ2) is 7.38. The third kappa shape index (κ3) is 5.25. The second-order valence-corrected chi connectivity index (χ2v) is 3.88. The zero-order valence-corrected chi connectivity index (χ0v) is 10.4. The summed E-state index contributed by atoms with van der Waals surface area (Å²) in [5.74, 6) is 0. The van der Waals surface area contributed by atoms with Crippen LogP contribution in [0.5, 0.6) is 0 Å². The van der Waals surface area contributed by atoms with Crippen molar-refractivity contribution in [2.24, 2.45) is 0 Å². The van der Waals surface area contributed by atoms with Gasteiger partial charge in [0.2, 0.25) is 0 Å². The Morgan fingerprint density at radius 1 is 1.50 bits per heavy atom. The van der Waals surface area contributed by atoms with Crippen LogP contribution in [-0.2, 0) is 4.74 Å². The minimum absolute atomic E-state index is 0.401. The standard InChI is InChI=1S/C10H17ClN4O/c1-15(5-6-16-2)4-3-12-9-7-10(11)14-13-8-9/h7-8H,3-6H2,1-2H3,(H,12,14). The number of hydrogen-bond donors (Lipinski definition) is 1. The molecule has 0 fully saturated rings. The first-order valence-electron chi connectivity index (χ1n) is 5.12. The first-order valence-corrected chi connectivity index (χ1v) is 5.49. The molecule has 0 saturated heterocycles. The van der Waals surface area contributed by atoms with E-state index in [1.54, 1.807) is 19.4 Å². The fourth-order valence-electron chi connectivity index (χ4n) is 1.19. The zero-order valence-electron chi connectivity index (χ0n) is 9.61. The lowest BCUT2D eigenvalue weighted by Crippen LogP contribution is -2.28. The van der Waals surface area contributed by atoms with E-state index in [2.05, 4.69) is 27.5 Å². The van der Waals surface area contributed by atoms with Crippen molar-refractivity contribution < 1.29 is 4.74 Å². The minimum Gasteiger partial charge on any atom is -0.383 e. The molecule has 6 heteroatoms. The van der Waals surface area contributed by atoms with Gasteiger partial charge in [-0.15, -0.1) is 5.10 Å². The Labute approximate surface area is 101 Å². The summed E-state index contributed by atoms with van der Waals surface area (Å²) in [6.45, 7) is 3.44. The molecule has 16 heavy (non-hydrogen) atoms. The van der Waals surface area contributed by atoms with Crippen LogP contribution in [0.15, 0.2) is 12.3 Å². The summed E-state index contributed by atoms with van der Waals surface area (Å²) >= 11 is 5.71. The average Bonchev–Trinajstić information content (AvgIpc) is 2.26. The molecule has 0 aliphatic rings. The molecule has 0 aliphatic carbocycles. The molecule has 1 N–H and O–H groups in total. The molecule has 1 aromatic rings. The average molecular weight is 245 g/mol. The summed E-state index contributed by atoms with van der Waals surface area (Å²) in [6, 6.07) is 1.75. The summed E-state index contributed by atoms with van der Waals surface area (Å²) < 4.78 is 5.00. The maximum atomic E-state index is 5.71. The van der Waals surface area contributed by atoms with Crippen molar-refractivity contribution in [2.45, 2.75) is 0 Å².